The van der Waals surface area contributed by atoms with E-state index < -0.39 is 0 Å². The average Bonchev–Trinajstić information content (AvgIpc) is 2.61. The molecule has 0 saturated heterocycles. The molecule has 2 heterocycles. The van der Waals surface area contributed by atoms with Crippen LogP contribution in [0.4, 0.5) is 0 Å². The van der Waals surface area contributed by atoms with Crippen molar-refractivity contribution in [1.82, 2.24) is 20.0 Å². The number of rotatable bonds is 1. The van der Waals surface area contributed by atoms with Crippen LogP contribution in [0.15, 0.2) is 0 Å². The molecule has 14 heavy (non-hydrogen) atoms. The Morgan fingerprint density at radius 1 is 1.29 bits per heavy atom. The van der Waals surface area contributed by atoms with Crippen molar-refractivity contribution in [3.8, 4) is 5.13 Å². The molecule has 5 nitrogen and oxygen atoms in total. The van der Waals surface area contributed by atoms with Crippen molar-refractivity contribution >= 4 is 11.3 Å². The lowest BCUT2D eigenvalue weighted by Gasteiger charge is -1.90. The maximum Gasteiger partial charge on any atom is 0.364 e. The van der Waals surface area contributed by atoms with E-state index in [9.17, 15) is 0 Å². The molecule has 2 aromatic rings. The molecular formula is C8H12N5S+. The summed E-state index contributed by atoms with van der Waals surface area (Å²) in [5.41, 5.74) is 1.05. The lowest BCUT2D eigenvalue weighted by molar-refractivity contribution is -0.740. The van der Waals surface area contributed by atoms with Gasteiger partial charge in [0.2, 0.25) is 5.82 Å². The van der Waals surface area contributed by atoms with Gasteiger partial charge in [0, 0.05) is 23.9 Å². The van der Waals surface area contributed by atoms with Crippen LogP contribution in [-0.2, 0) is 7.05 Å². The minimum Gasteiger partial charge on any atom is -0.183 e. The van der Waals surface area contributed by atoms with Crippen molar-refractivity contribution in [3.63, 3.8) is 0 Å². The molecule has 0 saturated carbocycles. The normalized spacial score (nSPS) is 10.9. The van der Waals surface area contributed by atoms with E-state index in [1.165, 1.54) is 4.88 Å². The molecule has 0 aromatic carbocycles. The van der Waals surface area contributed by atoms with Crippen molar-refractivity contribution in [3.05, 3.63) is 16.4 Å². The summed E-state index contributed by atoms with van der Waals surface area (Å²) in [4.78, 5) is 7.34. The van der Waals surface area contributed by atoms with E-state index in [2.05, 4.69) is 22.2 Å². The van der Waals surface area contributed by atoms with Crippen LogP contribution in [0.1, 0.15) is 16.4 Å². The zero-order valence-corrected chi connectivity index (χ0v) is 9.46. The molecule has 0 unspecified atom stereocenters. The monoisotopic (exact) mass is 210 g/mol. The van der Waals surface area contributed by atoms with Gasteiger partial charge in [0.1, 0.15) is 5.69 Å². The van der Waals surface area contributed by atoms with Gasteiger partial charge in [0.05, 0.1) is 5.21 Å². The molecule has 0 aliphatic carbocycles. The van der Waals surface area contributed by atoms with Gasteiger partial charge in [-0.05, 0) is 18.6 Å². The number of nitrogens with zero attached hydrogens (tertiary/aromatic N) is 5. The maximum absolute atomic E-state index is 4.41. The molecule has 0 aliphatic heterocycles. The number of hydrogen-bond donors (Lipinski definition) is 0. The van der Waals surface area contributed by atoms with Crippen molar-refractivity contribution < 1.29 is 4.80 Å². The summed E-state index contributed by atoms with van der Waals surface area (Å²) in [6, 6.07) is 0. The minimum absolute atomic E-state index is 0.864. The Kier molecular flexibility index (Phi) is 2.07. The molecule has 0 atom stereocenters. The largest absolute Gasteiger partial charge is 0.364 e. The SMILES string of the molecule is Cc1nc(-[n+]2nnc(C)n2C)sc1C. The van der Waals surface area contributed by atoms with Crippen LogP contribution in [-0.4, -0.2) is 20.0 Å². The third kappa shape index (κ3) is 1.31. The Bertz CT molecular complexity index is 451. The Morgan fingerprint density at radius 2 is 2.00 bits per heavy atom. The van der Waals surface area contributed by atoms with E-state index in [4.69, 9.17) is 0 Å². The molecule has 0 amide bonds. The van der Waals surface area contributed by atoms with Gasteiger partial charge in [0.15, 0.2) is 0 Å². The molecule has 0 bridgehead atoms. The predicted octanol–water partition coefficient (Wildman–Crippen LogP) is 0.474. The first-order valence-corrected chi connectivity index (χ1v) is 5.14. The molecule has 6 heteroatoms. The maximum atomic E-state index is 4.41. The van der Waals surface area contributed by atoms with Crippen molar-refractivity contribution in [2.45, 2.75) is 20.8 Å². The lowest BCUT2D eigenvalue weighted by Crippen LogP contribution is -2.42. The number of aryl methyl sites for hydroxylation is 3. The number of aromatic nitrogens is 5. The van der Waals surface area contributed by atoms with Gasteiger partial charge in [-0.15, -0.1) is 0 Å². The Balaban J connectivity index is 2.54. The van der Waals surface area contributed by atoms with Crippen LogP contribution in [0.25, 0.3) is 5.13 Å². The molecule has 0 aliphatic rings. The molecule has 2 aromatic heterocycles. The quantitative estimate of drug-likeness (QED) is 0.643. The standard InChI is InChI=1S/C8H12N5S/c1-5-6(2)14-8(9-5)13-11-10-7(3)12(13)4/h1-4H3/q+1. The van der Waals surface area contributed by atoms with Crippen LogP contribution >= 0.6 is 11.3 Å². The van der Waals surface area contributed by atoms with E-state index in [1.54, 1.807) is 16.1 Å². The summed E-state index contributed by atoms with van der Waals surface area (Å²) in [6.45, 7) is 5.97. The minimum atomic E-state index is 0.864. The molecule has 0 radical (unpaired) electrons. The zero-order valence-electron chi connectivity index (χ0n) is 8.64. The highest BCUT2D eigenvalue weighted by atomic mass is 32.1. The summed E-state index contributed by atoms with van der Waals surface area (Å²) in [5, 5.41) is 8.86. The smallest absolute Gasteiger partial charge is 0.183 e. The molecule has 0 fully saturated rings. The van der Waals surface area contributed by atoms with Crippen LogP contribution in [0.3, 0.4) is 0 Å². The predicted molar refractivity (Wildman–Crippen MR) is 52.4 cm³/mol. The van der Waals surface area contributed by atoms with Crippen LogP contribution in [0.2, 0.25) is 0 Å². The molecule has 2 rings (SSSR count). The van der Waals surface area contributed by atoms with Gasteiger partial charge in [-0.25, -0.2) is 0 Å². The fraction of sp³-hybridized carbons (Fsp3) is 0.500. The zero-order chi connectivity index (χ0) is 10.3. The molecular weight excluding hydrogens is 198 g/mol. The Labute approximate surface area is 86.0 Å². The van der Waals surface area contributed by atoms with Crippen molar-refractivity contribution in [2.75, 3.05) is 0 Å². The van der Waals surface area contributed by atoms with Gasteiger partial charge >= 0.3 is 5.13 Å². The lowest BCUT2D eigenvalue weighted by atomic mass is 10.4. The molecule has 0 spiro atoms. The van der Waals surface area contributed by atoms with E-state index in [-0.39, 0.29) is 0 Å². The topological polar surface area (TPSA) is 47.5 Å². The van der Waals surface area contributed by atoms with Gasteiger partial charge in [-0.1, -0.05) is 16.3 Å². The Morgan fingerprint density at radius 3 is 2.43 bits per heavy atom. The first-order chi connectivity index (χ1) is 6.59. The van der Waals surface area contributed by atoms with Crippen molar-refractivity contribution in [1.29, 1.82) is 0 Å². The van der Waals surface area contributed by atoms with Gasteiger partial charge < -0.3 is 0 Å². The van der Waals surface area contributed by atoms with Crippen LogP contribution < -0.4 is 4.80 Å². The number of tetrazole rings is 1. The van der Waals surface area contributed by atoms with E-state index >= 15 is 0 Å². The first kappa shape index (κ1) is 9.26. The average molecular weight is 210 g/mol. The third-order valence-corrected chi connectivity index (χ3v) is 3.25. The second-order valence-corrected chi connectivity index (χ2v) is 4.37. The Hall–Kier alpha value is -1.30. The van der Waals surface area contributed by atoms with Gasteiger partial charge in [0.25, 0.3) is 0 Å². The van der Waals surface area contributed by atoms with Gasteiger partial charge in [-0.2, -0.15) is 4.68 Å². The van der Waals surface area contributed by atoms with Crippen molar-refractivity contribution in [2.24, 2.45) is 7.05 Å². The van der Waals surface area contributed by atoms with E-state index in [0.29, 0.717) is 0 Å². The number of hydrogen-bond acceptors (Lipinski definition) is 4. The summed E-state index contributed by atoms with van der Waals surface area (Å²) in [6.07, 6.45) is 0. The van der Waals surface area contributed by atoms with Crippen LogP contribution in [0.5, 0.6) is 0 Å². The molecule has 74 valence electrons. The summed E-state index contributed by atoms with van der Waals surface area (Å²) in [5.74, 6) is 0.871. The number of thiazole rings is 1. The van der Waals surface area contributed by atoms with Gasteiger partial charge in [-0.3, -0.25) is 0 Å². The molecule has 0 N–H and O–H groups in total. The highest BCUT2D eigenvalue weighted by Gasteiger charge is 2.18. The summed E-state index contributed by atoms with van der Waals surface area (Å²) >= 11 is 1.62. The summed E-state index contributed by atoms with van der Waals surface area (Å²) < 4.78 is 1.87. The van der Waals surface area contributed by atoms with Crippen LogP contribution in [0, 0.1) is 20.8 Å². The second-order valence-electron chi connectivity index (χ2n) is 3.19. The third-order valence-electron chi connectivity index (χ3n) is 2.21. The highest BCUT2D eigenvalue weighted by Crippen LogP contribution is 2.15. The highest BCUT2D eigenvalue weighted by molar-refractivity contribution is 7.13. The second kappa shape index (κ2) is 3.13. The first-order valence-electron chi connectivity index (χ1n) is 4.32. The van der Waals surface area contributed by atoms with E-state index in [0.717, 1.165) is 16.6 Å². The fourth-order valence-electron chi connectivity index (χ4n) is 1.08. The van der Waals surface area contributed by atoms with E-state index in [1.807, 2.05) is 25.6 Å². The fourth-order valence-corrected chi connectivity index (χ4v) is 1.97. The summed E-state index contributed by atoms with van der Waals surface area (Å²) in [7, 11) is 1.92.